The smallest absolute Gasteiger partial charge is 0.230 e. The summed E-state index contributed by atoms with van der Waals surface area (Å²) in [5.41, 5.74) is 2.65. The number of aryl methyl sites for hydroxylation is 2. The summed E-state index contributed by atoms with van der Waals surface area (Å²) in [7, 11) is 0. The van der Waals surface area contributed by atoms with Crippen LogP contribution in [0.15, 0.2) is 29.4 Å². The molecule has 0 saturated heterocycles. The number of rotatable bonds is 5. The van der Waals surface area contributed by atoms with Crippen molar-refractivity contribution >= 4 is 17.7 Å². The first kappa shape index (κ1) is 18.5. The molecule has 2 aliphatic carbocycles. The summed E-state index contributed by atoms with van der Waals surface area (Å²) in [5, 5.41) is 12.7. The van der Waals surface area contributed by atoms with Crippen molar-refractivity contribution in [2.75, 3.05) is 5.75 Å². The third kappa shape index (κ3) is 4.21. The molecule has 6 heteroatoms. The van der Waals surface area contributed by atoms with E-state index in [-0.39, 0.29) is 11.9 Å². The van der Waals surface area contributed by atoms with E-state index in [0.717, 1.165) is 30.2 Å². The lowest BCUT2D eigenvalue weighted by Crippen LogP contribution is -2.32. The number of hydrogen-bond acceptors (Lipinski definition) is 4. The summed E-state index contributed by atoms with van der Waals surface area (Å²) in [6, 6.07) is 9.10. The second-order valence-electron chi connectivity index (χ2n) is 7.69. The van der Waals surface area contributed by atoms with Gasteiger partial charge in [-0.05, 0) is 50.2 Å². The molecule has 0 aliphatic heterocycles. The van der Waals surface area contributed by atoms with E-state index in [9.17, 15) is 4.79 Å². The number of hydrogen-bond donors (Lipinski definition) is 1. The van der Waals surface area contributed by atoms with Crippen LogP contribution < -0.4 is 5.32 Å². The molecular weight excluding hydrogens is 356 g/mol. The molecule has 2 aliphatic rings. The minimum atomic E-state index is 0.0811. The van der Waals surface area contributed by atoms with Crippen LogP contribution in [0.3, 0.4) is 0 Å². The van der Waals surface area contributed by atoms with Crippen LogP contribution in [-0.4, -0.2) is 26.4 Å². The van der Waals surface area contributed by atoms with E-state index in [1.54, 1.807) is 0 Å². The van der Waals surface area contributed by atoms with Crippen molar-refractivity contribution < 1.29 is 4.79 Å². The predicted octanol–water partition coefficient (Wildman–Crippen LogP) is 4.38. The van der Waals surface area contributed by atoms with Crippen molar-refractivity contribution in [3.05, 3.63) is 41.2 Å². The number of nitrogens with zero attached hydrogens (tertiary/aromatic N) is 3. The molecule has 5 nitrogen and oxygen atoms in total. The van der Waals surface area contributed by atoms with Gasteiger partial charge in [0.1, 0.15) is 5.82 Å². The van der Waals surface area contributed by atoms with E-state index in [4.69, 9.17) is 0 Å². The SMILES string of the molecule is Cc1nnc(SCC(=O)N[C@H]2CCCc3ccccc32)n1C1CCCCC1. The molecule has 0 radical (unpaired) electrons. The van der Waals surface area contributed by atoms with E-state index in [1.165, 1.54) is 55.0 Å². The van der Waals surface area contributed by atoms with E-state index < -0.39 is 0 Å². The highest BCUT2D eigenvalue weighted by Crippen LogP contribution is 2.33. The fraction of sp³-hybridized carbons (Fsp3) is 0.571. The summed E-state index contributed by atoms with van der Waals surface area (Å²) < 4.78 is 2.26. The lowest BCUT2D eigenvalue weighted by Gasteiger charge is -2.26. The zero-order chi connectivity index (χ0) is 18.6. The van der Waals surface area contributed by atoms with Crippen molar-refractivity contribution in [2.24, 2.45) is 0 Å². The molecule has 1 fully saturated rings. The Morgan fingerprint density at radius 1 is 1.15 bits per heavy atom. The van der Waals surface area contributed by atoms with Gasteiger partial charge in [-0.15, -0.1) is 10.2 Å². The molecular formula is C21H28N4OS. The molecule has 4 rings (SSSR count). The van der Waals surface area contributed by atoms with Gasteiger partial charge in [0.2, 0.25) is 5.91 Å². The minimum absolute atomic E-state index is 0.0811. The molecule has 2 aromatic rings. The summed E-state index contributed by atoms with van der Waals surface area (Å²) >= 11 is 1.52. The van der Waals surface area contributed by atoms with Crippen LogP contribution in [0.1, 0.15) is 74.0 Å². The standard InChI is InChI=1S/C21H28N4OS/c1-15-23-24-21(25(15)17-10-3-2-4-11-17)27-14-20(26)22-19-13-7-9-16-8-5-6-12-18(16)19/h5-6,8,12,17,19H,2-4,7,9-11,13-14H2,1H3,(H,22,26)/t19-/m0/s1. The first-order chi connectivity index (χ1) is 13.2. The Hall–Kier alpha value is -1.82. The highest BCUT2D eigenvalue weighted by atomic mass is 32.2. The van der Waals surface area contributed by atoms with Crippen molar-refractivity contribution in [3.63, 3.8) is 0 Å². The zero-order valence-electron chi connectivity index (χ0n) is 16.0. The molecule has 0 unspecified atom stereocenters. The van der Waals surface area contributed by atoms with E-state index in [0.29, 0.717) is 11.8 Å². The minimum Gasteiger partial charge on any atom is -0.349 e. The fourth-order valence-electron chi connectivity index (χ4n) is 4.48. The zero-order valence-corrected chi connectivity index (χ0v) is 16.8. The third-order valence-corrected chi connectivity index (χ3v) is 6.75. The molecule has 1 N–H and O–H groups in total. The second kappa shape index (κ2) is 8.46. The van der Waals surface area contributed by atoms with Crippen LogP contribution in [0.5, 0.6) is 0 Å². The van der Waals surface area contributed by atoms with Gasteiger partial charge in [0.25, 0.3) is 0 Å². The summed E-state index contributed by atoms with van der Waals surface area (Å²) in [6.07, 6.45) is 9.51. The third-order valence-electron chi connectivity index (χ3n) is 5.81. The molecule has 1 amide bonds. The van der Waals surface area contributed by atoms with Crippen LogP contribution in [0.2, 0.25) is 0 Å². The van der Waals surface area contributed by atoms with Crippen molar-refractivity contribution in [2.45, 2.75) is 75.5 Å². The Morgan fingerprint density at radius 2 is 1.96 bits per heavy atom. The quantitative estimate of drug-likeness (QED) is 0.777. The van der Waals surface area contributed by atoms with Crippen molar-refractivity contribution in [1.82, 2.24) is 20.1 Å². The molecule has 0 spiro atoms. The maximum absolute atomic E-state index is 12.6. The van der Waals surface area contributed by atoms with Gasteiger partial charge < -0.3 is 9.88 Å². The average molecular weight is 385 g/mol. The predicted molar refractivity (Wildman–Crippen MR) is 108 cm³/mol. The van der Waals surface area contributed by atoms with Crippen molar-refractivity contribution in [3.8, 4) is 0 Å². The van der Waals surface area contributed by atoms with Gasteiger partial charge >= 0.3 is 0 Å². The van der Waals surface area contributed by atoms with Crippen LogP contribution in [0.25, 0.3) is 0 Å². The van der Waals surface area contributed by atoms with Crippen molar-refractivity contribution in [1.29, 1.82) is 0 Å². The molecule has 1 aromatic carbocycles. The Morgan fingerprint density at radius 3 is 2.81 bits per heavy atom. The molecule has 1 atom stereocenters. The molecule has 1 heterocycles. The first-order valence-electron chi connectivity index (χ1n) is 10.1. The Bertz CT molecular complexity index is 797. The van der Waals surface area contributed by atoms with Crippen LogP contribution in [0.4, 0.5) is 0 Å². The van der Waals surface area contributed by atoms with E-state index in [1.807, 2.05) is 6.92 Å². The second-order valence-corrected chi connectivity index (χ2v) is 8.63. The molecule has 1 saturated carbocycles. The van der Waals surface area contributed by atoms with Gasteiger partial charge in [0.05, 0.1) is 11.8 Å². The normalized spacial score (nSPS) is 20.3. The molecule has 144 valence electrons. The number of fused-ring (bicyclic) bond motifs is 1. The monoisotopic (exact) mass is 384 g/mol. The van der Waals surface area contributed by atoms with Gasteiger partial charge in [0, 0.05) is 6.04 Å². The maximum atomic E-state index is 12.6. The van der Waals surface area contributed by atoms with Gasteiger partial charge in [-0.1, -0.05) is 55.3 Å². The molecule has 27 heavy (non-hydrogen) atoms. The van der Waals surface area contributed by atoms with E-state index in [2.05, 4.69) is 44.3 Å². The molecule has 0 bridgehead atoms. The van der Waals surface area contributed by atoms with Gasteiger partial charge in [0.15, 0.2) is 5.16 Å². The number of nitrogens with one attached hydrogen (secondary N) is 1. The van der Waals surface area contributed by atoms with Gasteiger partial charge in [-0.2, -0.15) is 0 Å². The average Bonchev–Trinajstić information content (AvgIpc) is 3.08. The fourth-order valence-corrected chi connectivity index (χ4v) is 5.34. The summed E-state index contributed by atoms with van der Waals surface area (Å²) in [4.78, 5) is 12.6. The maximum Gasteiger partial charge on any atom is 0.230 e. The Labute approximate surface area is 165 Å². The number of carbonyl (C=O) groups is 1. The number of aromatic nitrogens is 3. The topological polar surface area (TPSA) is 59.8 Å². The number of carbonyl (C=O) groups excluding carboxylic acids is 1. The summed E-state index contributed by atoms with van der Waals surface area (Å²) in [5.74, 6) is 1.44. The van der Waals surface area contributed by atoms with Gasteiger partial charge in [-0.25, -0.2) is 0 Å². The lowest BCUT2D eigenvalue weighted by molar-refractivity contribution is -0.119. The number of amides is 1. The highest BCUT2D eigenvalue weighted by Gasteiger charge is 2.24. The first-order valence-corrected chi connectivity index (χ1v) is 11.1. The van der Waals surface area contributed by atoms with E-state index >= 15 is 0 Å². The summed E-state index contributed by atoms with van der Waals surface area (Å²) in [6.45, 7) is 2.02. The lowest BCUT2D eigenvalue weighted by atomic mass is 9.88. The largest absolute Gasteiger partial charge is 0.349 e. The number of thioether (sulfide) groups is 1. The van der Waals surface area contributed by atoms with Gasteiger partial charge in [-0.3, -0.25) is 4.79 Å². The Balaban J connectivity index is 1.38. The van der Waals surface area contributed by atoms with Crippen LogP contribution >= 0.6 is 11.8 Å². The molecule has 1 aromatic heterocycles. The number of benzene rings is 1. The van der Waals surface area contributed by atoms with Crippen LogP contribution in [0, 0.1) is 6.92 Å². The Kier molecular flexibility index (Phi) is 5.81. The highest BCUT2D eigenvalue weighted by molar-refractivity contribution is 7.99. The van der Waals surface area contributed by atoms with Crippen LogP contribution in [-0.2, 0) is 11.2 Å².